The number of carboxylic acids is 1. The van der Waals surface area contributed by atoms with Gasteiger partial charge < -0.3 is 10.4 Å². The van der Waals surface area contributed by atoms with Gasteiger partial charge in [-0.25, -0.2) is 4.79 Å². The molecule has 0 spiro atoms. The van der Waals surface area contributed by atoms with E-state index in [2.05, 4.69) is 5.32 Å². The third-order valence-corrected chi connectivity index (χ3v) is 4.09. The third-order valence-electron chi connectivity index (χ3n) is 4.09. The van der Waals surface area contributed by atoms with Crippen molar-refractivity contribution in [2.75, 3.05) is 0 Å². The lowest BCUT2D eigenvalue weighted by Crippen LogP contribution is -2.50. The van der Waals surface area contributed by atoms with E-state index in [9.17, 15) is 14.7 Å². The van der Waals surface area contributed by atoms with Crippen molar-refractivity contribution in [1.29, 1.82) is 0 Å². The number of carboxylic acid groups (broad SMARTS) is 1. The van der Waals surface area contributed by atoms with Crippen LogP contribution in [0.15, 0.2) is 24.3 Å². The molecule has 0 fully saturated rings. The molecule has 0 aliphatic heterocycles. The molecule has 0 saturated carbocycles. The molecular formula is C17H23NO3. The Balaban J connectivity index is 2.20. The summed E-state index contributed by atoms with van der Waals surface area (Å²) in [6.45, 7) is 5.46. The number of amides is 1. The van der Waals surface area contributed by atoms with Gasteiger partial charge in [0, 0.05) is 0 Å². The molecule has 0 heterocycles. The van der Waals surface area contributed by atoms with Crippen LogP contribution in [0.4, 0.5) is 0 Å². The number of carbonyl (C=O) groups excluding carboxylic acids is 1. The number of aryl methyl sites for hydroxylation is 1. The highest BCUT2D eigenvalue weighted by Crippen LogP contribution is 2.32. The maximum absolute atomic E-state index is 12.5. The van der Waals surface area contributed by atoms with Crippen LogP contribution in [0.5, 0.6) is 0 Å². The Kier molecular flexibility index (Phi) is 4.35. The fourth-order valence-electron chi connectivity index (χ4n) is 2.92. The topological polar surface area (TPSA) is 66.4 Å². The zero-order chi connectivity index (χ0) is 15.6. The summed E-state index contributed by atoms with van der Waals surface area (Å²) in [5.41, 5.74) is 1.72. The van der Waals surface area contributed by atoms with E-state index in [-0.39, 0.29) is 11.8 Å². The standard InChI is InChI=1S/C17H23NO3/c1-17(2,3)14(16(20)21)18-15(19)13-10-6-8-11-7-4-5-9-12(11)13/h4-5,7,9,13-14H,6,8,10H2,1-3H3,(H,18,19)(H,20,21)/t13?,14-/m0/s1. The van der Waals surface area contributed by atoms with Gasteiger partial charge in [0.05, 0.1) is 5.92 Å². The molecule has 4 nitrogen and oxygen atoms in total. The Morgan fingerprint density at radius 1 is 1.29 bits per heavy atom. The van der Waals surface area contributed by atoms with Crippen LogP contribution in [0.1, 0.15) is 50.7 Å². The van der Waals surface area contributed by atoms with Crippen molar-refractivity contribution in [3.63, 3.8) is 0 Å². The lowest BCUT2D eigenvalue weighted by atomic mass is 9.81. The largest absolute Gasteiger partial charge is 0.480 e. The highest BCUT2D eigenvalue weighted by molar-refractivity contribution is 5.89. The van der Waals surface area contributed by atoms with Crippen LogP contribution in [0, 0.1) is 5.41 Å². The number of aliphatic carboxylic acids is 1. The van der Waals surface area contributed by atoms with E-state index >= 15 is 0 Å². The summed E-state index contributed by atoms with van der Waals surface area (Å²) in [6, 6.07) is 7.06. The normalized spacial score (nSPS) is 19.5. The van der Waals surface area contributed by atoms with Crippen molar-refractivity contribution >= 4 is 11.9 Å². The van der Waals surface area contributed by atoms with E-state index in [1.54, 1.807) is 0 Å². The van der Waals surface area contributed by atoms with Crippen molar-refractivity contribution in [2.45, 2.75) is 52.0 Å². The van der Waals surface area contributed by atoms with Crippen molar-refractivity contribution in [3.8, 4) is 0 Å². The SMILES string of the molecule is CC(C)(C)[C@@H](NC(=O)C1CCCc2ccccc21)C(=O)O. The van der Waals surface area contributed by atoms with Crippen LogP contribution in [0.3, 0.4) is 0 Å². The molecule has 0 aromatic heterocycles. The molecule has 2 rings (SSSR count). The number of nitrogens with one attached hydrogen (secondary N) is 1. The molecule has 2 N–H and O–H groups in total. The first-order chi connectivity index (χ1) is 9.80. The zero-order valence-corrected chi connectivity index (χ0v) is 12.8. The van der Waals surface area contributed by atoms with Crippen molar-refractivity contribution < 1.29 is 14.7 Å². The number of hydrogen-bond acceptors (Lipinski definition) is 2. The monoisotopic (exact) mass is 289 g/mol. The van der Waals surface area contributed by atoms with E-state index < -0.39 is 17.4 Å². The number of hydrogen-bond donors (Lipinski definition) is 2. The summed E-state index contributed by atoms with van der Waals surface area (Å²) < 4.78 is 0. The van der Waals surface area contributed by atoms with E-state index in [0.29, 0.717) is 0 Å². The second-order valence-electron chi connectivity index (χ2n) is 6.79. The fraction of sp³-hybridized carbons (Fsp3) is 0.529. The Bertz CT molecular complexity index is 545. The number of carbonyl (C=O) groups is 2. The first kappa shape index (κ1) is 15.5. The molecule has 2 atom stereocenters. The van der Waals surface area contributed by atoms with Gasteiger partial charge in [-0.05, 0) is 35.8 Å². The predicted octanol–water partition coefficient (Wildman–Crippen LogP) is 2.72. The van der Waals surface area contributed by atoms with Crippen LogP contribution in [-0.4, -0.2) is 23.0 Å². The molecule has 114 valence electrons. The number of rotatable bonds is 3. The molecule has 1 aromatic rings. The van der Waals surface area contributed by atoms with Gasteiger partial charge in [0.25, 0.3) is 0 Å². The third kappa shape index (κ3) is 3.43. The van der Waals surface area contributed by atoms with Gasteiger partial charge in [0.15, 0.2) is 0 Å². The van der Waals surface area contributed by atoms with Gasteiger partial charge in [0.2, 0.25) is 5.91 Å². The summed E-state index contributed by atoms with van der Waals surface area (Å²) in [5.74, 6) is -1.40. The maximum atomic E-state index is 12.5. The van der Waals surface area contributed by atoms with Crippen LogP contribution in [-0.2, 0) is 16.0 Å². The van der Waals surface area contributed by atoms with Crippen LogP contribution < -0.4 is 5.32 Å². The zero-order valence-electron chi connectivity index (χ0n) is 12.8. The molecule has 0 radical (unpaired) electrons. The van der Waals surface area contributed by atoms with E-state index in [0.717, 1.165) is 24.8 Å². The average molecular weight is 289 g/mol. The van der Waals surface area contributed by atoms with E-state index in [4.69, 9.17) is 0 Å². The Hall–Kier alpha value is -1.84. The second-order valence-corrected chi connectivity index (χ2v) is 6.79. The van der Waals surface area contributed by atoms with Gasteiger partial charge in [-0.1, -0.05) is 45.0 Å². The van der Waals surface area contributed by atoms with Gasteiger partial charge in [-0.15, -0.1) is 0 Å². The number of fused-ring (bicyclic) bond motifs is 1. The minimum atomic E-state index is -0.986. The second kappa shape index (κ2) is 5.88. The molecule has 0 bridgehead atoms. The smallest absolute Gasteiger partial charge is 0.326 e. The average Bonchev–Trinajstić information content (AvgIpc) is 2.42. The molecule has 4 heteroatoms. The highest BCUT2D eigenvalue weighted by atomic mass is 16.4. The Morgan fingerprint density at radius 3 is 2.57 bits per heavy atom. The quantitative estimate of drug-likeness (QED) is 0.899. The molecule has 1 unspecified atom stereocenters. The molecule has 0 saturated heterocycles. The van der Waals surface area contributed by atoms with Crippen LogP contribution in [0.2, 0.25) is 0 Å². The van der Waals surface area contributed by atoms with E-state index in [1.807, 2.05) is 45.0 Å². The lowest BCUT2D eigenvalue weighted by molar-refractivity contribution is -0.145. The van der Waals surface area contributed by atoms with Gasteiger partial charge >= 0.3 is 5.97 Å². The van der Waals surface area contributed by atoms with Crippen LogP contribution in [0.25, 0.3) is 0 Å². The van der Waals surface area contributed by atoms with Gasteiger partial charge in [0.1, 0.15) is 6.04 Å². The summed E-state index contributed by atoms with van der Waals surface area (Å²) in [4.78, 5) is 23.9. The molecule has 1 aliphatic rings. The first-order valence-corrected chi connectivity index (χ1v) is 7.41. The lowest BCUT2D eigenvalue weighted by Gasteiger charge is -2.31. The molecule has 1 amide bonds. The number of benzene rings is 1. The van der Waals surface area contributed by atoms with Crippen molar-refractivity contribution in [1.82, 2.24) is 5.32 Å². The molecule has 1 aliphatic carbocycles. The summed E-state index contributed by atoms with van der Waals surface area (Å²) in [7, 11) is 0. The van der Waals surface area contributed by atoms with Gasteiger partial charge in [-0.3, -0.25) is 4.79 Å². The van der Waals surface area contributed by atoms with Crippen LogP contribution >= 0.6 is 0 Å². The summed E-state index contributed by atoms with van der Waals surface area (Å²) in [6.07, 6.45) is 2.73. The van der Waals surface area contributed by atoms with Crippen molar-refractivity contribution in [3.05, 3.63) is 35.4 Å². The fourth-order valence-corrected chi connectivity index (χ4v) is 2.92. The molecular weight excluding hydrogens is 266 g/mol. The highest BCUT2D eigenvalue weighted by Gasteiger charge is 2.35. The molecule has 1 aromatic carbocycles. The van der Waals surface area contributed by atoms with E-state index in [1.165, 1.54) is 5.56 Å². The van der Waals surface area contributed by atoms with Crippen molar-refractivity contribution in [2.24, 2.45) is 5.41 Å². The predicted molar refractivity (Wildman–Crippen MR) is 81.1 cm³/mol. The summed E-state index contributed by atoms with van der Waals surface area (Å²) in [5, 5.41) is 12.1. The summed E-state index contributed by atoms with van der Waals surface area (Å²) >= 11 is 0. The van der Waals surface area contributed by atoms with Gasteiger partial charge in [-0.2, -0.15) is 0 Å². The maximum Gasteiger partial charge on any atom is 0.326 e. The minimum Gasteiger partial charge on any atom is -0.480 e. The minimum absolute atomic E-state index is 0.176. The Morgan fingerprint density at radius 2 is 1.95 bits per heavy atom. The Labute approximate surface area is 125 Å². The first-order valence-electron chi connectivity index (χ1n) is 7.41. The molecule has 21 heavy (non-hydrogen) atoms.